The first-order valence-electron chi connectivity index (χ1n) is 8.50. The number of benzene rings is 1. The Balaban J connectivity index is 1.69. The van der Waals surface area contributed by atoms with Crippen LogP contribution in [-0.2, 0) is 19.7 Å². The summed E-state index contributed by atoms with van der Waals surface area (Å²) >= 11 is 6.00. The maximum atomic E-state index is 12.4. The number of hydrogen-bond donors (Lipinski definition) is 2. The summed E-state index contributed by atoms with van der Waals surface area (Å²) in [6.07, 6.45) is 3.68. The van der Waals surface area contributed by atoms with Crippen molar-refractivity contribution in [2.75, 3.05) is 19.8 Å². The molecule has 1 atom stereocenters. The maximum absolute atomic E-state index is 12.4. The molecule has 24 heavy (non-hydrogen) atoms. The first-order valence-corrected chi connectivity index (χ1v) is 8.88. The summed E-state index contributed by atoms with van der Waals surface area (Å²) in [5.41, 5.74) is 1.03. The summed E-state index contributed by atoms with van der Waals surface area (Å²) in [6.45, 7) is 1.90. The molecule has 0 unspecified atom stereocenters. The van der Waals surface area contributed by atoms with Crippen LogP contribution in [0.15, 0.2) is 24.3 Å². The van der Waals surface area contributed by atoms with E-state index in [1.165, 1.54) is 5.56 Å². The van der Waals surface area contributed by atoms with Gasteiger partial charge >= 0.3 is 0 Å². The highest BCUT2D eigenvalue weighted by Gasteiger charge is 2.36. The van der Waals surface area contributed by atoms with Crippen molar-refractivity contribution in [2.24, 2.45) is 0 Å². The van der Waals surface area contributed by atoms with Crippen LogP contribution in [-0.4, -0.2) is 37.6 Å². The van der Waals surface area contributed by atoms with E-state index >= 15 is 0 Å². The first kappa shape index (κ1) is 17.2. The molecular formula is C18H23ClN2O3. The second-order valence-corrected chi connectivity index (χ2v) is 7.07. The zero-order valence-electron chi connectivity index (χ0n) is 13.6. The third-order valence-electron chi connectivity index (χ3n) is 5.06. The van der Waals surface area contributed by atoms with Crippen LogP contribution >= 0.6 is 11.6 Å². The predicted octanol–water partition coefficient (Wildman–Crippen LogP) is 2.17. The van der Waals surface area contributed by atoms with Gasteiger partial charge in [0.05, 0.1) is 0 Å². The van der Waals surface area contributed by atoms with Gasteiger partial charge in [-0.15, -0.1) is 0 Å². The Kier molecular flexibility index (Phi) is 5.41. The number of nitrogens with one attached hydrogen (secondary N) is 2. The molecule has 1 aromatic rings. The normalized spacial score (nSPS) is 23.4. The fourth-order valence-corrected chi connectivity index (χ4v) is 3.64. The predicted molar refractivity (Wildman–Crippen MR) is 92.0 cm³/mol. The highest BCUT2D eigenvalue weighted by molar-refractivity contribution is 6.30. The molecule has 0 aromatic heterocycles. The van der Waals surface area contributed by atoms with Crippen LogP contribution in [0.1, 0.15) is 37.7 Å². The molecule has 2 N–H and O–H groups in total. The molecular weight excluding hydrogens is 328 g/mol. The summed E-state index contributed by atoms with van der Waals surface area (Å²) in [6, 6.07) is 7.42. The Morgan fingerprint density at radius 1 is 1.29 bits per heavy atom. The molecule has 0 radical (unpaired) electrons. The Bertz CT molecular complexity index is 597. The van der Waals surface area contributed by atoms with Crippen molar-refractivity contribution >= 4 is 23.4 Å². The molecule has 0 bridgehead atoms. The quantitative estimate of drug-likeness (QED) is 0.874. The monoisotopic (exact) mass is 350 g/mol. The van der Waals surface area contributed by atoms with Crippen molar-refractivity contribution < 1.29 is 14.3 Å². The number of amides is 2. The third-order valence-corrected chi connectivity index (χ3v) is 5.31. The lowest BCUT2D eigenvalue weighted by molar-refractivity contribution is -0.131. The minimum Gasteiger partial charge on any atom is -0.381 e. The molecule has 5 nitrogen and oxygen atoms in total. The molecule has 1 aromatic carbocycles. The highest BCUT2D eigenvalue weighted by Crippen LogP contribution is 2.35. The van der Waals surface area contributed by atoms with Gasteiger partial charge in [-0.25, -0.2) is 0 Å². The van der Waals surface area contributed by atoms with Crippen LogP contribution in [0, 0.1) is 0 Å². The average Bonchev–Trinajstić information content (AvgIpc) is 2.61. The minimum absolute atomic E-state index is 0.0418. The highest BCUT2D eigenvalue weighted by atomic mass is 35.5. The third kappa shape index (κ3) is 3.90. The number of ether oxygens (including phenoxy) is 1. The van der Waals surface area contributed by atoms with E-state index in [1.807, 2.05) is 24.3 Å². The molecule has 3 rings (SSSR count). The van der Waals surface area contributed by atoms with Crippen LogP contribution in [0.4, 0.5) is 0 Å². The number of piperidine rings is 1. The minimum atomic E-state index is -0.409. The standard InChI is InChI=1S/C18H23ClN2O3/c19-14-6-4-13(5-7-14)18(8-10-24-11-9-18)12-20-17(23)15-2-1-3-16(22)21-15/h4-7,15H,1-3,8-12H2,(H,20,23)(H,21,22)/t15-/m1/s1. The fourth-order valence-electron chi connectivity index (χ4n) is 3.51. The van der Waals surface area contributed by atoms with E-state index in [0.717, 1.165) is 19.3 Å². The first-order chi connectivity index (χ1) is 11.6. The van der Waals surface area contributed by atoms with Crippen molar-refractivity contribution in [1.82, 2.24) is 10.6 Å². The van der Waals surface area contributed by atoms with E-state index in [0.29, 0.717) is 37.6 Å². The van der Waals surface area contributed by atoms with Gasteiger partial charge in [0.15, 0.2) is 0 Å². The van der Waals surface area contributed by atoms with Gasteiger partial charge in [0, 0.05) is 36.6 Å². The topological polar surface area (TPSA) is 67.4 Å². The Hall–Kier alpha value is -1.59. The van der Waals surface area contributed by atoms with E-state index in [-0.39, 0.29) is 17.2 Å². The van der Waals surface area contributed by atoms with Crippen LogP contribution < -0.4 is 10.6 Å². The van der Waals surface area contributed by atoms with Crippen molar-refractivity contribution in [2.45, 2.75) is 43.6 Å². The summed E-state index contributed by atoms with van der Waals surface area (Å²) in [7, 11) is 0. The van der Waals surface area contributed by atoms with Crippen molar-refractivity contribution in [3.63, 3.8) is 0 Å². The molecule has 0 aliphatic carbocycles. The lowest BCUT2D eigenvalue weighted by Gasteiger charge is -2.38. The second kappa shape index (κ2) is 7.53. The van der Waals surface area contributed by atoms with Crippen LogP contribution in [0.2, 0.25) is 5.02 Å². The molecule has 0 saturated carbocycles. The van der Waals surface area contributed by atoms with Crippen LogP contribution in [0.5, 0.6) is 0 Å². The Morgan fingerprint density at radius 2 is 2.00 bits per heavy atom. The van der Waals surface area contributed by atoms with Gasteiger partial charge in [0.1, 0.15) is 6.04 Å². The fraction of sp³-hybridized carbons (Fsp3) is 0.556. The zero-order chi connectivity index (χ0) is 17.0. The molecule has 130 valence electrons. The molecule has 2 amide bonds. The van der Waals surface area contributed by atoms with Crippen LogP contribution in [0.25, 0.3) is 0 Å². The van der Waals surface area contributed by atoms with Gasteiger partial charge in [0.2, 0.25) is 11.8 Å². The molecule has 6 heteroatoms. The molecule has 0 spiro atoms. The molecule has 2 heterocycles. The summed E-state index contributed by atoms with van der Waals surface area (Å²) in [5.74, 6) is -0.136. The number of hydrogen-bond acceptors (Lipinski definition) is 3. The summed E-state index contributed by atoms with van der Waals surface area (Å²) < 4.78 is 5.51. The Morgan fingerprint density at radius 3 is 2.67 bits per heavy atom. The molecule has 2 fully saturated rings. The van der Waals surface area contributed by atoms with Crippen molar-refractivity contribution in [3.05, 3.63) is 34.9 Å². The number of rotatable bonds is 4. The average molecular weight is 351 g/mol. The van der Waals surface area contributed by atoms with Gasteiger partial charge in [-0.05, 0) is 43.4 Å². The zero-order valence-corrected chi connectivity index (χ0v) is 14.4. The number of halogens is 1. The van der Waals surface area contributed by atoms with E-state index in [1.54, 1.807) is 0 Å². The van der Waals surface area contributed by atoms with Crippen molar-refractivity contribution in [1.29, 1.82) is 0 Å². The second-order valence-electron chi connectivity index (χ2n) is 6.63. The maximum Gasteiger partial charge on any atom is 0.242 e. The van der Waals surface area contributed by atoms with Gasteiger partial charge < -0.3 is 15.4 Å². The molecule has 2 saturated heterocycles. The summed E-state index contributed by atoms with van der Waals surface area (Å²) in [5, 5.41) is 6.53. The largest absolute Gasteiger partial charge is 0.381 e. The van der Waals surface area contributed by atoms with E-state index in [4.69, 9.17) is 16.3 Å². The van der Waals surface area contributed by atoms with Gasteiger partial charge in [-0.3, -0.25) is 9.59 Å². The van der Waals surface area contributed by atoms with Crippen molar-refractivity contribution in [3.8, 4) is 0 Å². The van der Waals surface area contributed by atoms with E-state index in [9.17, 15) is 9.59 Å². The number of carbonyl (C=O) groups is 2. The lowest BCUT2D eigenvalue weighted by Crippen LogP contribution is -2.52. The lowest BCUT2D eigenvalue weighted by atomic mass is 9.74. The van der Waals surface area contributed by atoms with Gasteiger partial charge in [-0.2, -0.15) is 0 Å². The molecule has 2 aliphatic heterocycles. The SMILES string of the molecule is O=C1CCC[C@H](C(=O)NCC2(c3ccc(Cl)cc3)CCOCC2)N1. The van der Waals surface area contributed by atoms with E-state index in [2.05, 4.69) is 10.6 Å². The summed E-state index contributed by atoms with van der Waals surface area (Å²) in [4.78, 5) is 23.9. The van der Waals surface area contributed by atoms with Gasteiger partial charge in [0.25, 0.3) is 0 Å². The van der Waals surface area contributed by atoms with Gasteiger partial charge in [-0.1, -0.05) is 23.7 Å². The van der Waals surface area contributed by atoms with Crippen LogP contribution in [0.3, 0.4) is 0 Å². The number of carbonyl (C=O) groups excluding carboxylic acids is 2. The van der Waals surface area contributed by atoms with E-state index < -0.39 is 6.04 Å². The molecule has 2 aliphatic rings. The smallest absolute Gasteiger partial charge is 0.242 e. The Labute approximate surface area is 147 Å².